The molecule has 116 valence electrons. The molecule has 1 amide bonds. The average molecular weight is 325 g/mol. The normalized spacial score (nSPS) is 11.3. The molecule has 2 rings (SSSR count). The van der Waals surface area contributed by atoms with Crippen LogP contribution in [0.2, 0.25) is 0 Å². The molecular weight excluding hydrogens is 312 g/mol. The van der Waals surface area contributed by atoms with E-state index in [2.05, 4.69) is 0 Å². The van der Waals surface area contributed by atoms with Crippen LogP contribution in [0, 0.1) is 25.5 Å². The quantitative estimate of drug-likeness (QED) is 0.944. The van der Waals surface area contributed by atoms with Crippen LogP contribution in [0.15, 0.2) is 41.3 Å². The van der Waals surface area contributed by atoms with Crippen LogP contribution in [0.1, 0.15) is 21.5 Å². The number of nitrogens with one attached hydrogen (secondary N) is 1. The van der Waals surface area contributed by atoms with Crippen molar-refractivity contribution >= 4 is 15.9 Å². The second-order valence-corrected chi connectivity index (χ2v) is 6.46. The summed E-state index contributed by atoms with van der Waals surface area (Å²) in [6.45, 7) is 3.52. The average Bonchev–Trinajstić information content (AvgIpc) is 2.41. The molecule has 2 aromatic carbocycles. The van der Waals surface area contributed by atoms with Crippen molar-refractivity contribution in [1.29, 1.82) is 0 Å². The second kappa shape index (κ2) is 5.84. The Hall–Kier alpha value is -2.28. The predicted molar refractivity (Wildman–Crippen MR) is 76.9 cm³/mol. The summed E-state index contributed by atoms with van der Waals surface area (Å²) < 4.78 is 52.9. The van der Waals surface area contributed by atoms with E-state index in [9.17, 15) is 22.0 Å². The minimum absolute atomic E-state index is 0.152. The van der Waals surface area contributed by atoms with Gasteiger partial charge in [-0.2, -0.15) is 0 Å². The molecule has 22 heavy (non-hydrogen) atoms. The first kappa shape index (κ1) is 16.1. The number of benzene rings is 2. The summed E-state index contributed by atoms with van der Waals surface area (Å²) in [6, 6.07) is 7.11. The number of carbonyl (C=O) groups excluding carboxylic acids is 1. The van der Waals surface area contributed by atoms with Crippen LogP contribution in [0.25, 0.3) is 0 Å². The highest BCUT2D eigenvalue weighted by Crippen LogP contribution is 2.17. The zero-order chi connectivity index (χ0) is 16.5. The zero-order valence-corrected chi connectivity index (χ0v) is 12.7. The molecule has 0 unspecified atom stereocenters. The topological polar surface area (TPSA) is 63.2 Å². The highest BCUT2D eigenvalue weighted by atomic mass is 32.2. The van der Waals surface area contributed by atoms with Gasteiger partial charge in [0.2, 0.25) is 0 Å². The molecular formula is C15H13F2NO3S. The van der Waals surface area contributed by atoms with Gasteiger partial charge < -0.3 is 0 Å². The lowest BCUT2D eigenvalue weighted by atomic mass is 10.1. The molecule has 2 aromatic rings. The number of amides is 1. The maximum atomic E-state index is 13.5. The highest BCUT2D eigenvalue weighted by Gasteiger charge is 2.23. The fraction of sp³-hybridized carbons (Fsp3) is 0.133. The smallest absolute Gasteiger partial charge is 0.268 e. The third-order valence-corrected chi connectivity index (χ3v) is 4.53. The molecule has 0 aromatic heterocycles. The van der Waals surface area contributed by atoms with Gasteiger partial charge in [0.1, 0.15) is 17.2 Å². The summed E-state index contributed by atoms with van der Waals surface area (Å²) in [6.07, 6.45) is 0. The highest BCUT2D eigenvalue weighted by molar-refractivity contribution is 7.90. The molecule has 0 heterocycles. The van der Waals surface area contributed by atoms with E-state index in [-0.39, 0.29) is 4.90 Å². The van der Waals surface area contributed by atoms with Crippen molar-refractivity contribution in [2.75, 3.05) is 0 Å². The lowest BCUT2D eigenvalue weighted by Crippen LogP contribution is -2.32. The van der Waals surface area contributed by atoms with Crippen molar-refractivity contribution in [3.8, 4) is 0 Å². The fourth-order valence-corrected chi connectivity index (χ4v) is 2.87. The predicted octanol–water partition coefficient (Wildman–Crippen LogP) is 2.70. The zero-order valence-electron chi connectivity index (χ0n) is 11.9. The Morgan fingerprint density at radius 2 is 1.59 bits per heavy atom. The Kier molecular flexibility index (Phi) is 4.27. The number of carbonyl (C=O) groups is 1. The fourth-order valence-electron chi connectivity index (χ4n) is 1.83. The standard InChI is InChI=1S/C15H13F2NO3S/c1-9-6-7-11(8-10(9)2)22(20,21)18-15(19)14-12(16)4-3-5-13(14)17/h3-8H,1-2H3,(H,18,19). The Balaban J connectivity index is 2.36. The van der Waals surface area contributed by atoms with Crippen molar-refractivity contribution in [3.63, 3.8) is 0 Å². The minimum Gasteiger partial charge on any atom is -0.268 e. The van der Waals surface area contributed by atoms with Gasteiger partial charge >= 0.3 is 0 Å². The Labute approximate surface area is 126 Å². The molecule has 0 atom stereocenters. The maximum absolute atomic E-state index is 13.5. The molecule has 0 saturated carbocycles. The van der Waals surface area contributed by atoms with Gasteiger partial charge in [0.25, 0.3) is 15.9 Å². The summed E-state index contributed by atoms with van der Waals surface area (Å²) in [5.74, 6) is -3.62. The lowest BCUT2D eigenvalue weighted by Gasteiger charge is -2.09. The number of halogens is 2. The van der Waals surface area contributed by atoms with Crippen LogP contribution < -0.4 is 4.72 Å². The molecule has 0 spiro atoms. The van der Waals surface area contributed by atoms with Crippen LogP contribution >= 0.6 is 0 Å². The molecule has 0 aliphatic rings. The van der Waals surface area contributed by atoms with Crippen LogP contribution in [-0.4, -0.2) is 14.3 Å². The van der Waals surface area contributed by atoms with E-state index in [4.69, 9.17) is 0 Å². The molecule has 7 heteroatoms. The number of rotatable bonds is 3. The first-order valence-electron chi connectivity index (χ1n) is 6.31. The van der Waals surface area contributed by atoms with Crippen LogP contribution in [-0.2, 0) is 10.0 Å². The van der Waals surface area contributed by atoms with Crippen LogP contribution in [0.5, 0.6) is 0 Å². The van der Waals surface area contributed by atoms with E-state index in [1.54, 1.807) is 24.6 Å². The number of hydrogen-bond acceptors (Lipinski definition) is 3. The van der Waals surface area contributed by atoms with Crippen molar-refractivity contribution in [1.82, 2.24) is 4.72 Å². The monoisotopic (exact) mass is 325 g/mol. The summed E-state index contributed by atoms with van der Waals surface area (Å²) in [5.41, 5.74) is 0.660. The summed E-state index contributed by atoms with van der Waals surface area (Å²) in [7, 11) is -4.21. The van der Waals surface area contributed by atoms with Crippen molar-refractivity contribution < 1.29 is 22.0 Å². The van der Waals surface area contributed by atoms with Gasteiger partial charge in [-0.25, -0.2) is 21.9 Å². The van der Waals surface area contributed by atoms with E-state index < -0.39 is 33.1 Å². The number of aryl methyl sites for hydroxylation is 2. The molecule has 4 nitrogen and oxygen atoms in total. The van der Waals surface area contributed by atoms with Crippen molar-refractivity contribution in [2.45, 2.75) is 18.7 Å². The van der Waals surface area contributed by atoms with Gasteiger partial charge in [0, 0.05) is 0 Å². The SMILES string of the molecule is Cc1ccc(S(=O)(=O)NC(=O)c2c(F)cccc2F)cc1C. The maximum Gasteiger partial charge on any atom is 0.270 e. The lowest BCUT2D eigenvalue weighted by molar-refractivity contribution is 0.0973. The minimum atomic E-state index is -4.21. The number of sulfonamides is 1. The van der Waals surface area contributed by atoms with Gasteiger partial charge in [0.15, 0.2) is 0 Å². The van der Waals surface area contributed by atoms with Crippen LogP contribution in [0.3, 0.4) is 0 Å². The molecule has 0 bridgehead atoms. The molecule has 1 N–H and O–H groups in total. The van der Waals surface area contributed by atoms with E-state index in [1.165, 1.54) is 12.1 Å². The van der Waals surface area contributed by atoms with E-state index in [1.807, 2.05) is 0 Å². The van der Waals surface area contributed by atoms with Gasteiger partial charge in [-0.05, 0) is 49.2 Å². The first-order chi connectivity index (χ1) is 10.2. The Bertz CT molecular complexity index is 828. The van der Waals surface area contributed by atoms with E-state index >= 15 is 0 Å². The molecule has 0 saturated heterocycles. The largest absolute Gasteiger partial charge is 0.270 e. The summed E-state index contributed by atoms with van der Waals surface area (Å²) in [4.78, 5) is 11.7. The van der Waals surface area contributed by atoms with Gasteiger partial charge in [-0.3, -0.25) is 4.79 Å². The molecule has 0 aliphatic heterocycles. The van der Waals surface area contributed by atoms with Crippen LogP contribution in [0.4, 0.5) is 8.78 Å². The summed E-state index contributed by atoms with van der Waals surface area (Å²) >= 11 is 0. The third-order valence-electron chi connectivity index (χ3n) is 3.21. The molecule has 0 fully saturated rings. The van der Waals surface area contributed by atoms with E-state index in [0.29, 0.717) is 5.56 Å². The summed E-state index contributed by atoms with van der Waals surface area (Å²) in [5, 5.41) is 0. The van der Waals surface area contributed by atoms with Gasteiger partial charge in [0.05, 0.1) is 4.90 Å². The number of hydrogen-bond donors (Lipinski definition) is 1. The first-order valence-corrected chi connectivity index (χ1v) is 7.79. The Morgan fingerprint density at radius 3 is 2.14 bits per heavy atom. The van der Waals surface area contributed by atoms with Crippen molar-refractivity contribution in [2.24, 2.45) is 0 Å². The molecule has 0 aliphatic carbocycles. The van der Waals surface area contributed by atoms with Gasteiger partial charge in [-0.1, -0.05) is 12.1 Å². The Morgan fingerprint density at radius 1 is 1.00 bits per heavy atom. The third kappa shape index (κ3) is 3.14. The second-order valence-electron chi connectivity index (χ2n) is 4.78. The van der Waals surface area contributed by atoms with E-state index in [0.717, 1.165) is 23.8 Å². The molecule has 0 radical (unpaired) electrons. The van der Waals surface area contributed by atoms with Crippen molar-refractivity contribution in [3.05, 3.63) is 64.7 Å². The van der Waals surface area contributed by atoms with Gasteiger partial charge in [-0.15, -0.1) is 0 Å².